The van der Waals surface area contributed by atoms with Crippen LogP contribution in [-0.4, -0.2) is 19.1 Å². The number of nitrogens with two attached hydrogens (primary N) is 1. The Morgan fingerprint density at radius 2 is 2.27 bits per heavy atom. The lowest BCUT2D eigenvalue weighted by Gasteiger charge is -2.09. The van der Waals surface area contributed by atoms with Gasteiger partial charge >= 0.3 is 5.97 Å². The van der Waals surface area contributed by atoms with E-state index in [0.717, 1.165) is 0 Å². The van der Waals surface area contributed by atoms with Crippen LogP contribution in [0.3, 0.4) is 0 Å². The summed E-state index contributed by atoms with van der Waals surface area (Å²) >= 11 is 3.16. The SMILES string of the molecule is COC(=O)C(N)Cc1cc(F)cc(Br)c1. The molecule has 5 heteroatoms. The molecular formula is C10H11BrFNO2. The molecule has 1 atom stereocenters. The summed E-state index contributed by atoms with van der Waals surface area (Å²) in [4.78, 5) is 11.0. The fourth-order valence-corrected chi connectivity index (χ4v) is 1.73. The van der Waals surface area contributed by atoms with Gasteiger partial charge in [0.1, 0.15) is 11.9 Å². The molecule has 0 amide bonds. The molecule has 0 heterocycles. The van der Waals surface area contributed by atoms with Gasteiger partial charge in [0, 0.05) is 4.47 Å². The van der Waals surface area contributed by atoms with Crippen LogP contribution in [-0.2, 0) is 16.0 Å². The second kappa shape index (κ2) is 5.23. The molecule has 0 radical (unpaired) electrons. The maximum atomic E-state index is 13.0. The van der Waals surface area contributed by atoms with Crippen molar-refractivity contribution in [3.63, 3.8) is 0 Å². The summed E-state index contributed by atoms with van der Waals surface area (Å²) in [5.41, 5.74) is 6.20. The van der Waals surface area contributed by atoms with Crippen molar-refractivity contribution in [1.82, 2.24) is 0 Å². The monoisotopic (exact) mass is 275 g/mol. The lowest BCUT2D eigenvalue weighted by atomic mass is 10.1. The molecule has 1 unspecified atom stereocenters. The number of hydrogen-bond donors (Lipinski definition) is 1. The molecule has 1 rings (SSSR count). The summed E-state index contributed by atoms with van der Waals surface area (Å²) in [5, 5.41) is 0. The average Bonchev–Trinajstić information content (AvgIpc) is 2.14. The molecule has 0 fully saturated rings. The standard InChI is InChI=1S/C10H11BrFNO2/c1-15-10(14)9(13)4-6-2-7(11)5-8(12)3-6/h2-3,5,9H,4,13H2,1H3. The van der Waals surface area contributed by atoms with Crippen molar-refractivity contribution in [2.24, 2.45) is 5.73 Å². The van der Waals surface area contributed by atoms with Crippen LogP contribution in [0.5, 0.6) is 0 Å². The van der Waals surface area contributed by atoms with Crippen molar-refractivity contribution in [3.05, 3.63) is 34.1 Å². The molecule has 2 N–H and O–H groups in total. The van der Waals surface area contributed by atoms with Gasteiger partial charge in [0.2, 0.25) is 0 Å². The van der Waals surface area contributed by atoms with Crippen molar-refractivity contribution in [2.45, 2.75) is 12.5 Å². The van der Waals surface area contributed by atoms with Gasteiger partial charge in [0.05, 0.1) is 7.11 Å². The van der Waals surface area contributed by atoms with Gasteiger partial charge < -0.3 is 10.5 Å². The molecule has 82 valence electrons. The molecule has 0 saturated carbocycles. The van der Waals surface area contributed by atoms with E-state index < -0.39 is 12.0 Å². The first kappa shape index (κ1) is 12.1. The Bertz CT molecular complexity index is 350. The van der Waals surface area contributed by atoms with E-state index in [2.05, 4.69) is 20.7 Å². The third-order valence-electron chi connectivity index (χ3n) is 1.88. The summed E-state index contributed by atoms with van der Waals surface area (Å²) in [6, 6.07) is 3.63. The Hall–Kier alpha value is -0.940. The van der Waals surface area contributed by atoms with Gasteiger partial charge in [-0.05, 0) is 30.2 Å². The van der Waals surface area contributed by atoms with Gasteiger partial charge in [-0.2, -0.15) is 0 Å². The van der Waals surface area contributed by atoms with Crippen LogP contribution in [0.25, 0.3) is 0 Å². The van der Waals surface area contributed by atoms with Crippen molar-refractivity contribution in [2.75, 3.05) is 7.11 Å². The number of carbonyl (C=O) groups excluding carboxylic acids is 1. The minimum absolute atomic E-state index is 0.253. The van der Waals surface area contributed by atoms with Gasteiger partial charge in [-0.25, -0.2) is 4.39 Å². The normalized spacial score (nSPS) is 12.3. The van der Waals surface area contributed by atoms with Crippen molar-refractivity contribution in [1.29, 1.82) is 0 Å². The van der Waals surface area contributed by atoms with Crippen LogP contribution >= 0.6 is 15.9 Å². The lowest BCUT2D eigenvalue weighted by Crippen LogP contribution is -2.33. The number of ether oxygens (including phenoxy) is 1. The summed E-state index contributed by atoms with van der Waals surface area (Å²) in [6.07, 6.45) is 0.253. The van der Waals surface area contributed by atoms with E-state index in [1.807, 2.05) is 0 Å². The second-order valence-corrected chi connectivity index (χ2v) is 4.03. The van der Waals surface area contributed by atoms with Crippen LogP contribution in [0.2, 0.25) is 0 Å². The molecular weight excluding hydrogens is 265 g/mol. The predicted octanol–water partition coefficient (Wildman–Crippen LogP) is 1.63. The van der Waals surface area contributed by atoms with Gasteiger partial charge in [-0.1, -0.05) is 15.9 Å². The first-order chi connectivity index (χ1) is 7.02. The molecule has 0 aliphatic carbocycles. The van der Waals surface area contributed by atoms with Crippen molar-refractivity contribution < 1.29 is 13.9 Å². The molecule has 0 saturated heterocycles. The van der Waals surface area contributed by atoms with Crippen LogP contribution in [0, 0.1) is 5.82 Å². The van der Waals surface area contributed by atoms with Gasteiger partial charge in [-0.15, -0.1) is 0 Å². The second-order valence-electron chi connectivity index (χ2n) is 3.11. The first-order valence-electron chi connectivity index (χ1n) is 4.31. The largest absolute Gasteiger partial charge is 0.468 e. The molecule has 1 aromatic rings. The number of rotatable bonds is 3. The van der Waals surface area contributed by atoms with Crippen LogP contribution in [0.1, 0.15) is 5.56 Å². The topological polar surface area (TPSA) is 52.3 Å². The summed E-state index contributed by atoms with van der Waals surface area (Å²) < 4.78 is 18.1. The minimum atomic E-state index is -0.760. The highest BCUT2D eigenvalue weighted by atomic mass is 79.9. The smallest absolute Gasteiger partial charge is 0.322 e. The zero-order valence-electron chi connectivity index (χ0n) is 8.17. The molecule has 0 spiro atoms. The number of esters is 1. The highest BCUT2D eigenvalue weighted by molar-refractivity contribution is 9.10. The van der Waals surface area contributed by atoms with Crippen molar-refractivity contribution in [3.8, 4) is 0 Å². The van der Waals surface area contributed by atoms with E-state index in [1.54, 1.807) is 6.07 Å². The highest BCUT2D eigenvalue weighted by Gasteiger charge is 2.14. The maximum Gasteiger partial charge on any atom is 0.322 e. The van der Waals surface area contributed by atoms with Gasteiger partial charge in [0.15, 0.2) is 0 Å². The van der Waals surface area contributed by atoms with E-state index >= 15 is 0 Å². The van der Waals surface area contributed by atoms with E-state index in [1.165, 1.54) is 19.2 Å². The van der Waals surface area contributed by atoms with E-state index in [9.17, 15) is 9.18 Å². The zero-order chi connectivity index (χ0) is 11.4. The average molecular weight is 276 g/mol. The molecule has 0 aromatic heterocycles. The third kappa shape index (κ3) is 3.60. The molecule has 1 aromatic carbocycles. The Morgan fingerprint density at radius 3 is 2.80 bits per heavy atom. The van der Waals surface area contributed by atoms with Crippen LogP contribution in [0.15, 0.2) is 22.7 Å². The Kier molecular flexibility index (Phi) is 4.23. The highest BCUT2D eigenvalue weighted by Crippen LogP contribution is 2.16. The lowest BCUT2D eigenvalue weighted by molar-refractivity contribution is -0.142. The Balaban J connectivity index is 2.76. The fraction of sp³-hybridized carbons (Fsp3) is 0.300. The maximum absolute atomic E-state index is 13.0. The minimum Gasteiger partial charge on any atom is -0.468 e. The zero-order valence-corrected chi connectivity index (χ0v) is 9.75. The molecule has 3 nitrogen and oxygen atoms in total. The van der Waals surface area contributed by atoms with E-state index in [0.29, 0.717) is 10.0 Å². The van der Waals surface area contributed by atoms with Gasteiger partial charge in [-0.3, -0.25) is 4.79 Å². The van der Waals surface area contributed by atoms with Crippen molar-refractivity contribution >= 4 is 21.9 Å². The molecule has 0 aliphatic rings. The number of methoxy groups -OCH3 is 1. The summed E-state index contributed by atoms with van der Waals surface area (Å²) in [5.74, 6) is -0.869. The number of carbonyl (C=O) groups is 1. The molecule has 15 heavy (non-hydrogen) atoms. The van der Waals surface area contributed by atoms with Gasteiger partial charge in [0.25, 0.3) is 0 Å². The van der Waals surface area contributed by atoms with E-state index in [-0.39, 0.29) is 12.2 Å². The Labute approximate surface area is 95.5 Å². The fourth-order valence-electron chi connectivity index (χ4n) is 1.22. The first-order valence-corrected chi connectivity index (χ1v) is 5.10. The molecule has 0 aliphatic heterocycles. The quantitative estimate of drug-likeness (QED) is 0.854. The number of halogens is 2. The summed E-state index contributed by atoms with van der Waals surface area (Å²) in [7, 11) is 1.27. The summed E-state index contributed by atoms with van der Waals surface area (Å²) in [6.45, 7) is 0. The predicted molar refractivity (Wildman–Crippen MR) is 57.8 cm³/mol. The van der Waals surface area contributed by atoms with Crippen LogP contribution < -0.4 is 5.73 Å². The van der Waals surface area contributed by atoms with Crippen LogP contribution in [0.4, 0.5) is 4.39 Å². The third-order valence-corrected chi connectivity index (χ3v) is 2.34. The molecule has 0 bridgehead atoms. The van der Waals surface area contributed by atoms with E-state index in [4.69, 9.17) is 5.73 Å². The Morgan fingerprint density at radius 1 is 1.60 bits per heavy atom. The number of hydrogen-bond acceptors (Lipinski definition) is 3. The number of benzene rings is 1.